The molecule has 0 amide bonds. The Morgan fingerprint density at radius 1 is 0.840 bits per heavy atom. The number of benzene rings is 2. The first-order valence-corrected chi connectivity index (χ1v) is 7.71. The lowest BCUT2D eigenvalue weighted by Crippen LogP contribution is -2.00. The van der Waals surface area contributed by atoms with Crippen LogP contribution in [0.5, 0.6) is 23.0 Å². The second-order valence-corrected chi connectivity index (χ2v) is 5.33. The Hall–Kier alpha value is -2.95. The summed E-state index contributed by atoms with van der Waals surface area (Å²) in [5.41, 5.74) is 2.13. The van der Waals surface area contributed by atoms with Crippen molar-refractivity contribution in [3.8, 4) is 23.0 Å². The van der Waals surface area contributed by atoms with E-state index in [1.54, 1.807) is 45.6 Å². The zero-order valence-corrected chi connectivity index (χ0v) is 15.1. The maximum atomic E-state index is 12.6. The molecule has 5 nitrogen and oxygen atoms in total. The smallest absolute Gasteiger partial charge is 0.189 e. The maximum Gasteiger partial charge on any atom is 0.189 e. The van der Waals surface area contributed by atoms with Gasteiger partial charge in [0.05, 0.1) is 34.0 Å². The fourth-order valence-electron chi connectivity index (χ4n) is 2.47. The van der Waals surface area contributed by atoms with Crippen LogP contribution in [-0.4, -0.2) is 34.2 Å². The quantitative estimate of drug-likeness (QED) is 0.564. The Morgan fingerprint density at radius 3 is 2.12 bits per heavy atom. The summed E-state index contributed by atoms with van der Waals surface area (Å²) in [6, 6.07) is 8.80. The molecule has 0 radical (unpaired) electrons. The van der Waals surface area contributed by atoms with Gasteiger partial charge in [-0.1, -0.05) is 0 Å². The molecule has 5 heteroatoms. The van der Waals surface area contributed by atoms with Crippen molar-refractivity contribution in [2.24, 2.45) is 0 Å². The topological polar surface area (TPSA) is 54.0 Å². The molecule has 0 N–H and O–H groups in total. The zero-order valence-electron chi connectivity index (χ0n) is 15.1. The Morgan fingerprint density at radius 2 is 1.52 bits per heavy atom. The third-order valence-electron chi connectivity index (χ3n) is 3.83. The van der Waals surface area contributed by atoms with Gasteiger partial charge in [-0.3, -0.25) is 4.79 Å². The largest absolute Gasteiger partial charge is 0.497 e. The van der Waals surface area contributed by atoms with Crippen LogP contribution in [0.3, 0.4) is 0 Å². The highest BCUT2D eigenvalue weighted by atomic mass is 16.5. The molecule has 0 aromatic heterocycles. The van der Waals surface area contributed by atoms with Gasteiger partial charge in [-0.2, -0.15) is 0 Å². The van der Waals surface area contributed by atoms with E-state index in [1.165, 1.54) is 13.2 Å². The molecule has 0 atom stereocenters. The van der Waals surface area contributed by atoms with Crippen molar-refractivity contribution in [2.75, 3.05) is 28.4 Å². The van der Waals surface area contributed by atoms with E-state index in [-0.39, 0.29) is 5.78 Å². The fourth-order valence-corrected chi connectivity index (χ4v) is 2.47. The molecular weight excluding hydrogens is 320 g/mol. The molecule has 2 rings (SSSR count). The second kappa shape index (κ2) is 8.24. The molecule has 0 heterocycles. The summed E-state index contributed by atoms with van der Waals surface area (Å²) in [5, 5.41) is 0. The first-order valence-electron chi connectivity index (χ1n) is 7.71. The number of carbonyl (C=O) groups excluding carboxylic acids is 1. The first kappa shape index (κ1) is 18.4. The van der Waals surface area contributed by atoms with Crippen molar-refractivity contribution in [3.05, 3.63) is 53.1 Å². The SMILES string of the molecule is COc1ccc(OC)c(C(=O)/C=C/c2cc(OC)c(C)cc2OC)c1. The number of hydrogen-bond acceptors (Lipinski definition) is 5. The normalized spacial score (nSPS) is 10.6. The van der Waals surface area contributed by atoms with Gasteiger partial charge in [0.15, 0.2) is 5.78 Å². The molecule has 25 heavy (non-hydrogen) atoms. The van der Waals surface area contributed by atoms with Crippen LogP contribution in [0.25, 0.3) is 6.08 Å². The summed E-state index contributed by atoms with van der Waals surface area (Å²) in [4.78, 5) is 12.6. The van der Waals surface area contributed by atoms with Crippen molar-refractivity contribution in [2.45, 2.75) is 6.92 Å². The van der Waals surface area contributed by atoms with Crippen LogP contribution in [-0.2, 0) is 0 Å². The summed E-state index contributed by atoms with van der Waals surface area (Å²) in [7, 11) is 6.27. The van der Waals surface area contributed by atoms with Crippen LogP contribution in [0.1, 0.15) is 21.5 Å². The van der Waals surface area contributed by atoms with Crippen LogP contribution < -0.4 is 18.9 Å². The van der Waals surface area contributed by atoms with Crippen molar-refractivity contribution in [1.82, 2.24) is 0 Å². The van der Waals surface area contributed by atoms with Gasteiger partial charge in [0, 0.05) is 5.56 Å². The minimum Gasteiger partial charge on any atom is -0.497 e. The lowest BCUT2D eigenvalue weighted by molar-refractivity contribution is 0.104. The summed E-state index contributed by atoms with van der Waals surface area (Å²) in [6.07, 6.45) is 3.17. The summed E-state index contributed by atoms with van der Waals surface area (Å²) in [6.45, 7) is 1.93. The van der Waals surface area contributed by atoms with Crippen LogP contribution in [0.4, 0.5) is 0 Å². The summed E-state index contributed by atoms with van der Waals surface area (Å²) in [5.74, 6) is 2.28. The predicted molar refractivity (Wildman–Crippen MR) is 97.2 cm³/mol. The Bertz CT molecular complexity index is 793. The third kappa shape index (κ3) is 4.12. The number of rotatable bonds is 7. The minimum atomic E-state index is -0.197. The molecular formula is C20H22O5. The van der Waals surface area contributed by atoms with Gasteiger partial charge in [-0.15, -0.1) is 0 Å². The van der Waals surface area contributed by atoms with Gasteiger partial charge in [0.2, 0.25) is 0 Å². The molecule has 0 aliphatic carbocycles. The highest BCUT2D eigenvalue weighted by molar-refractivity contribution is 6.09. The lowest BCUT2D eigenvalue weighted by Gasteiger charge is -2.11. The monoisotopic (exact) mass is 342 g/mol. The Labute approximate surface area is 147 Å². The van der Waals surface area contributed by atoms with E-state index < -0.39 is 0 Å². The maximum absolute atomic E-state index is 12.6. The number of hydrogen-bond donors (Lipinski definition) is 0. The van der Waals surface area contributed by atoms with Crippen molar-refractivity contribution >= 4 is 11.9 Å². The molecule has 0 bridgehead atoms. The zero-order chi connectivity index (χ0) is 18.4. The molecule has 0 fully saturated rings. The van der Waals surface area contributed by atoms with E-state index in [0.29, 0.717) is 22.8 Å². The summed E-state index contributed by atoms with van der Waals surface area (Å²) < 4.78 is 21.2. The Balaban J connectivity index is 2.38. The molecule has 0 unspecified atom stereocenters. The fraction of sp³-hybridized carbons (Fsp3) is 0.250. The first-order chi connectivity index (χ1) is 12.0. The van der Waals surface area contributed by atoms with Gasteiger partial charge in [0.25, 0.3) is 0 Å². The van der Waals surface area contributed by atoms with Gasteiger partial charge < -0.3 is 18.9 Å². The number of allylic oxidation sites excluding steroid dienone is 1. The molecule has 2 aromatic rings. The van der Waals surface area contributed by atoms with E-state index in [1.807, 2.05) is 19.1 Å². The standard InChI is InChI=1S/C20H22O5/c1-13-10-20(25-5)14(11-19(13)24-4)6-8-17(21)16-12-15(22-2)7-9-18(16)23-3/h6-12H,1-5H3/b8-6+. The highest BCUT2D eigenvalue weighted by Crippen LogP contribution is 2.30. The second-order valence-electron chi connectivity index (χ2n) is 5.33. The van der Waals surface area contributed by atoms with Crippen molar-refractivity contribution in [1.29, 1.82) is 0 Å². The molecule has 0 spiro atoms. The molecule has 0 aliphatic rings. The van der Waals surface area contributed by atoms with Gasteiger partial charge in [-0.25, -0.2) is 0 Å². The summed E-state index contributed by atoms with van der Waals surface area (Å²) >= 11 is 0. The molecule has 0 saturated heterocycles. The molecule has 2 aromatic carbocycles. The van der Waals surface area contributed by atoms with E-state index in [4.69, 9.17) is 18.9 Å². The van der Waals surface area contributed by atoms with E-state index in [2.05, 4.69) is 0 Å². The average Bonchev–Trinajstić information content (AvgIpc) is 2.65. The number of carbonyl (C=O) groups is 1. The van der Waals surface area contributed by atoms with Crippen LogP contribution in [0.2, 0.25) is 0 Å². The van der Waals surface area contributed by atoms with Gasteiger partial charge >= 0.3 is 0 Å². The van der Waals surface area contributed by atoms with Crippen LogP contribution in [0, 0.1) is 6.92 Å². The van der Waals surface area contributed by atoms with E-state index in [9.17, 15) is 4.79 Å². The van der Waals surface area contributed by atoms with Crippen molar-refractivity contribution < 1.29 is 23.7 Å². The molecule has 0 saturated carbocycles. The lowest BCUT2D eigenvalue weighted by atomic mass is 10.1. The minimum absolute atomic E-state index is 0.197. The molecule has 132 valence electrons. The van der Waals surface area contributed by atoms with E-state index >= 15 is 0 Å². The number of methoxy groups -OCH3 is 4. The number of aryl methyl sites for hydroxylation is 1. The van der Waals surface area contributed by atoms with Crippen LogP contribution in [0.15, 0.2) is 36.4 Å². The predicted octanol–water partition coefficient (Wildman–Crippen LogP) is 3.93. The van der Waals surface area contributed by atoms with Gasteiger partial charge in [-0.05, 0) is 55.0 Å². The third-order valence-corrected chi connectivity index (χ3v) is 3.83. The molecule has 0 aliphatic heterocycles. The Kier molecular flexibility index (Phi) is 6.06. The number of ether oxygens (including phenoxy) is 4. The average molecular weight is 342 g/mol. The van der Waals surface area contributed by atoms with Crippen molar-refractivity contribution in [3.63, 3.8) is 0 Å². The van der Waals surface area contributed by atoms with E-state index in [0.717, 1.165) is 16.9 Å². The number of ketones is 1. The highest BCUT2D eigenvalue weighted by Gasteiger charge is 2.12. The van der Waals surface area contributed by atoms with Crippen LogP contribution >= 0.6 is 0 Å². The van der Waals surface area contributed by atoms with Gasteiger partial charge in [0.1, 0.15) is 23.0 Å².